The predicted molar refractivity (Wildman–Crippen MR) is 109 cm³/mol. The number of amidine groups is 1. The minimum Gasteiger partial charge on any atom is -0.496 e. The van der Waals surface area contributed by atoms with E-state index in [9.17, 15) is 13.2 Å². The number of aromatic nitrogens is 2. The topological polar surface area (TPSA) is 106 Å². The van der Waals surface area contributed by atoms with Crippen molar-refractivity contribution in [3.63, 3.8) is 0 Å². The van der Waals surface area contributed by atoms with Crippen LogP contribution in [-0.2, 0) is 23.3 Å². The van der Waals surface area contributed by atoms with Gasteiger partial charge in [0.05, 0.1) is 24.2 Å². The number of likely N-dealkylation sites (tertiary alicyclic amines) is 1. The number of fused-ring (bicyclic) bond motifs is 1. The number of nitrogens with one attached hydrogen (secondary N) is 1. The van der Waals surface area contributed by atoms with E-state index in [1.165, 1.54) is 11.2 Å². The molecular weight excluding hydrogens is 394 g/mol. The smallest absolute Gasteiger partial charge is 0.322 e. The van der Waals surface area contributed by atoms with Crippen LogP contribution in [0, 0.1) is 0 Å². The first-order valence-corrected chi connectivity index (χ1v) is 11.2. The van der Waals surface area contributed by atoms with E-state index in [1.54, 1.807) is 18.0 Å². The minimum atomic E-state index is -3.16. The largest absolute Gasteiger partial charge is 0.496 e. The zero-order chi connectivity index (χ0) is 20.8. The summed E-state index contributed by atoms with van der Waals surface area (Å²) in [5.74, 6) is 1.22. The molecule has 0 unspecified atom stereocenters. The van der Waals surface area contributed by atoms with E-state index in [4.69, 9.17) is 4.74 Å². The van der Waals surface area contributed by atoms with Crippen LogP contribution in [0.4, 0.5) is 10.5 Å². The SMILES string of the molecule is COc1ccc(-c2cnn(C)c2)c2c1CC(NC(=O)N1CC[C@H](S(C)(=O)=O)C1)=N2. The van der Waals surface area contributed by atoms with E-state index in [0.29, 0.717) is 31.0 Å². The Morgan fingerprint density at radius 2 is 2.14 bits per heavy atom. The molecule has 29 heavy (non-hydrogen) atoms. The monoisotopic (exact) mass is 417 g/mol. The number of hydrogen-bond donors (Lipinski definition) is 1. The van der Waals surface area contributed by atoms with Crippen LogP contribution in [0.15, 0.2) is 29.5 Å². The molecule has 1 aromatic heterocycles. The molecule has 0 radical (unpaired) electrons. The van der Waals surface area contributed by atoms with E-state index in [0.717, 1.165) is 22.4 Å². The lowest BCUT2D eigenvalue weighted by Crippen LogP contribution is -2.42. The Morgan fingerprint density at radius 1 is 1.34 bits per heavy atom. The Balaban J connectivity index is 1.56. The standard InChI is InChI=1S/C19H23N5O4S/c1-23-10-12(9-20-23)14-4-5-16(28-2)15-8-17(21-18(14)15)22-19(25)24-7-6-13(11-24)29(3,26)27/h4-5,9-10,13H,6-8,11H2,1-3H3,(H,21,22,25)/t13-/m0/s1. The summed E-state index contributed by atoms with van der Waals surface area (Å²) in [7, 11) is 0.292. The van der Waals surface area contributed by atoms with Crippen molar-refractivity contribution in [2.24, 2.45) is 12.0 Å². The number of aryl methyl sites for hydroxylation is 1. The molecular formula is C19H23N5O4S. The molecule has 0 saturated carbocycles. The van der Waals surface area contributed by atoms with E-state index in [-0.39, 0.29) is 12.6 Å². The summed E-state index contributed by atoms with van der Waals surface area (Å²) in [6, 6.07) is 3.49. The zero-order valence-electron chi connectivity index (χ0n) is 16.5. The van der Waals surface area contributed by atoms with Crippen molar-refractivity contribution >= 4 is 27.4 Å². The minimum absolute atomic E-state index is 0.204. The number of rotatable bonds is 3. The summed E-state index contributed by atoms with van der Waals surface area (Å²) >= 11 is 0. The highest BCUT2D eigenvalue weighted by atomic mass is 32.2. The Hall–Kier alpha value is -2.88. The van der Waals surface area contributed by atoms with Crippen LogP contribution in [-0.4, -0.2) is 66.7 Å². The summed E-state index contributed by atoms with van der Waals surface area (Å²) in [6.07, 6.45) is 5.77. The van der Waals surface area contributed by atoms with Gasteiger partial charge in [-0.2, -0.15) is 5.10 Å². The van der Waals surface area contributed by atoms with Crippen LogP contribution in [0.1, 0.15) is 12.0 Å². The summed E-state index contributed by atoms with van der Waals surface area (Å²) in [5.41, 5.74) is 3.50. The van der Waals surface area contributed by atoms with Gasteiger partial charge < -0.3 is 9.64 Å². The van der Waals surface area contributed by atoms with Crippen LogP contribution >= 0.6 is 0 Å². The highest BCUT2D eigenvalue weighted by molar-refractivity contribution is 7.91. The van der Waals surface area contributed by atoms with Crippen LogP contribution in [0.3, 0.4) is 0 Å². The number of carbonyl (C=O) groups is 1. The van der Waals surface area contributed by atoms with Gasteiger partial charge in [0.15, 0.2) is 9.84 Å². The molecule has 154 valence electrons. The Kier molecular flexibility index (Phi) is 4.81. The molecule has 0 spiro atoms. The number of ether oxygens (including phenoxy) is 1. The van der Waals surface area contributed by atoms with Crippen LogP contribution in [0.25, 0.3) is 11.1 Å². The summed E-state index contributed by atoms with van der Waals surface area (Å²) in [6.45, 7) is 0.614. The fraction of sp³-hybridized carbons (Fsp3) is 0.421. The molecule has 3 heterocycles. The highest BCUT2D eigenvalue weighted by Gasteiger charge is 2.33. The van der Waals surface area contributed by atoms with Crippen molar-refractivity contribution in [2.45, 2.75) is 18.1 Å². The number of nitrogens with zero attached hydrogens (tertiary/aromatic N) is 4. The third kappa shape index (κ3) is 3.71. The van der Waals surface area contributed by atoms with Gasteiger partial charge in [-0.15, -0.1) is 0 Å². The molecule has 4 rings (SSSR count). The number of methoxy groups -OCH3 is 1. The fourth-order valence-corrected chi connectivity index (χ4v) is 4.76. The van der Waals surface area contributed by atoms with Gasteiger partial charge in [-0.05, 0) is 18.6 Å². The molecule has 9 nitrogen and oxygen atoms in total. The fourth-order valence-electron chi connectivity index (χ4n) is 3.78. The second-order valence-corrected chi connectivity index (χ2v) is 9.72. The molecule has 1 aromatic carbocycles. The molecule has 1 saturated heterocycles. The first-order chi connectivity index (χ1) is 13.8. The quantitative estimate of drug-likeness (QED) is 0.815. The van der Waals surface area contributed by atoms with Gasteiger partial charge in [-0.1, -0.05) is 0 Å². The van der Waals surface area contributed by atoms with Crippen LogP contribution < -0.4 is 10.1 Å². The molecule has 0 bridgehead atoms. The molecule has 0 aliphatic carbocycles. The lowest BCUT2D eigenvalue weighted by Gasteiger charge is -2.17. The number of hydrogen-bond acceptors (Lipinski definition) is 6. The van der Waals surface area contributed by atoms with Crippen LogP contribution in [0.5, 0.6) is 5.75 Å². The lowest BCUT2D eigenvalue weighted by atomic mass is 10.0. The molecule has 1 N–H and O–H groups in total. The van der Waals surface area contributed by atoms with Gasteiger partial charge in [-0.25, -0.2) is 18.2 Å². The van der Waals surface area contributed by atoms with Crippen LogP contribution in [0.2, 0.25) is 0 Å². The van der Waals surface area contributed by atoms with Crippen molar-refractivity contribution in [1.29, 1.82) is 0 Å². The maximum Gasteiger partial charge on any atom is 0.322 e. The van der Waals surface area contributed by atoms with E-state index in [2.05, 4.69) is 15.4 Å². The number of urea groups is 1. The average Bonchev–Trinajstić information content (AvgIpc) is 3.39. The number of aliphatic imine (C=N–C) groups is 1. The van der Waals surface area contributed by atoms with E-state index < -0.39 is 15.1 Å². The van der Waals surface area contributed by atoms with Gasteiger partial charge in [-0.3, -0.25) is 10.00 Å². The maximum atomic E-state index is 12.6. The normalized spacial score (nSPS) is 18.5. The predicted octanol–water partition coefficient (Wildman–Crippen LogP) is 1.51. The van der Waals surface area contributed by atoms with Crippen molar-refractivity contribution in [3.05, 3.63) is 30.1 Å². The summed E-state index contributed by atoms with van der Waals surface area (Å²) in [4.78, 5) is 18.8. The van der Waals surface area contributed by atoms with E-state index >= 15 is 0 Å². The molecule has 1 atom stereocenters. The van der Waals surface area contributed by atoms with Gasteiger partial charge in [0.2, 0.25) is 0 Å². The number of sulfone groups is 1. The Labute approximate surface area is 169 Å². The van der Waals surface area contributed by atoms with Gasteiger partial charge in [0.1, 0.15) is 11.6 Å². The lowest BCUT2D eigenvalue weighted by molar-refractivity contribution is 0.214. The highest BCUT2D eigenvalue weighted by Crippen LogP contribution is 2.42. The third-order valence-electron chi connectivity index (χ3n) is 5.36. The molecule has 2 aromatic rings. The zero-order valence-corrected chi connectivity index (χ0v) is 17.4. The van der Waals surface area contributed by atoms with Crippen molar-refractivity contribution in [1.82, 2.24) is 20.0 Å². The molecule has 2 aliphatic rings. The van der Waals surface area contributed by atoms with Crippen molar-refractivity contribution < 1.29 is 17.9 Å². The molecule has 10 heteroatoms. The van der Waals surface area contributed by atoms with Gasteiger partial charge in [0.25, 0.3) is 0 Å². The molecule has 2 aliphatic heterocycles. The molecule has 2 amide bonds. The van der Waals surface area contributed by atoms with Crippen molar-refractivity contribution in [2.75, 3.05) is 26.5 Å². The number of carbonyl (C=O) groups excluding carboxylic acids is 1. The first kappa shape index (κ1) is 19.4. The average molecular weight is 417 g/mol. The number of benzene rings is 1. The van der Waals surface area contributed by atoms with Crippen molar-refractivity contribution in [3.8, 4) is 16.9 Å². The third-order valence-corrected chi connectivity index (χ3v) is 6.95. The Morgan fingerprint density at radius 3 is 2.76 bits per heavy atom. The second kappa shape index (κ2) is 7.18. The molecule has 1 fully saturated rings. The summed E-state index contributed by atoms with van der Waals surface area (Å²) < 4.78 is 30.7. The van der Waals surface area contributed by atoms with Gasteiger partial charge in [0, 0.05) is 55.7 Å². The second-order valence-electron chi connectivity index (χ2n) is 7.40. The first-order valence-electron chi connectivity index (χ1n) is 9.27. The van der Waals surface area contributed by atoms with Gasteiger partial charge >= 0.3 is 6.03 Å². The van der Waals surface area contributed by atoms with E-state index in [1.807, 2.05) is 25.4 Å². The maximum absolute atomic E-state index is 12.6. The number of amides is 2. The summed E-state index contributed by atoms with van der Waals surface area (Å²) in [5, 5.41) is 6.55. The Bertz CT molecular complexity index is 1110.